The standard InChI is InChI=1S/C15H13N3O3/c16-15(21)17-18(13(19)11-7-3-1-4-8-11)14(20)12-9-5-2-6-10-12/h1-10H,(H3,16,17,21). The normalized spacial score (nSPS) is 9.71. The lowest BCUT2D eigenvalue weighted by molar-refractivity contribution is 0.0551. The molecule has 0 aliphatic rings. The Morgan fingerprint density at radius 2 is 1.14 bits per heavy atom. The number of carbonyl (C=O) groups excluding carboxylic acids is 3. The van der Waals surface area contributed by atoms with Crippen LogP contribution < -0.4 is 11.2 Å². The predicted molar refractivity (Wildman–Crippen MR) is 76.1 cm³/mol. The summed E-state index contributed by atoms with van der Waals surface area (Å²) >= 11 is 0. The highest BCUT2D eigenvalue weighted by Crippen LogP contribution is 2.08. The molecule has 0 unspecified atom stereocenters. The average Bonchev–Trinajstić information content (AvgIpc) is 2.53. The number of amides is 4. The fourth-order valence-corrected chi connectivity index (χ4v) is 1.72. The van der Waals surface area contributed by atoms with Crippen LogP contribution in [-0.4, -0.2) is 22.9 Å². The zero-order chi connectivity index (χ0) is 15.2. The van der Waals surface area contributed by atoms with E-state index in [1.165, 1.54) is 24.3 Å². The van der Waals surface area contributed by atoms with Gasteiger partial charge in [-0.3, -0.25) is 9.59 Å². The van der Waals surface area contributed by atoms with Crippen LogP contribution >= 0.6 is 0 Å². The number of nitrogens with zero attached hydrogens (tertiary/aromatic N) is 1. The Bertz CT molecular complexity index is 605. The Labute approximate surface area is 121 Å². The Balaban J connectivity index is 2.33. The maximum absolute atomic E-state index is 12.3. The van der Waals surface area contributed by atoms with E-state index in [0.29, 0.717) is 5.01 Å². The molecule has 4 amide bonds. The van der Waals surface area contributed by atoms with E-state index in [4.69, 9.17) is 5.73 Å². The molecule has 3 N–H and O–H groups in total. The number of benzene rings is 2. The largest absolute Gasteiger partial charge is 0.350 e. The number of hydrogen-bond acceptors (Lipinski definition) is 3. The number of primary amides is 1. The van der Waals surface area contributed by atoms with Gasteiger partial charge in [0.25, 0.3) is 11.8 Å². The first-order valence-electron chi connectivity index (χ1n) is 6.14. The van der Waals surface area contributed by atoms with E-state index in [0.717, 1.165) is 0 Å². The van der Waals surface area contributed by atoms with Gasteiger partial charge in [0, 0.05) is 11.1 Å². The van der Waals surface area contributed by atoms with Crippen molar-refractivity contribution in [1.82, 2.24) is 10.4 Å². The quantitative estimate of drug-likeness (QED) is 0.647. The van der Waals surface area contributed by atoms with Gasteiger partial charge in [-0.15, -0.1) is 0 Å². The summed E-state index contributed by atoms with van der Waals surface area (Å²) in [7, 11) is 0. The highest BCUT2D eigenvalue weighted by atomic mass is 16.2. The summed E-state index contributed by atoms with van der Waals surface area (Å²) in [4.78, 5) is 35.7. The van der Waals surface area contributed by atoms with Gasteiger partial charge in [0.2, 0.25) is 0 Å². The summed E-state index contributed by atoms with van der Waals surface area (Å²) in [5.74, 6) is -1.33. The Morgan fingerprint density at radius 3 is 1.48 bits per heavy atom. The Morgan fingerprint density at radius 1 is 0.762 bits per heavy atom. The van der Waals surface area contributed by atoms with Crippen molar-refractivity contribution in [2.24, 2.45) is 5.73 Å². The van der Waals surface area contributed by atoms with E-state index >= 15 is 0 Å². The van der Waals surface area contributed by atoms with E-state index in [1.807, 2.05) is 5.43 Å². The van der Waals surface area contributed by atoms with Crippen molar-refractivity contribution < 1.29 is 14.4 Å². The summed E-state index contributed by atoms with van der Waals surface area (Å²) in [5.41, 5.74) is 7.60. The molecule has 0 fully saturated rings. The highest BCUT2D eigenvalue weighted by Gasteiger charge is 2.25. The summed E-state index contributed by atoms with van der Waals surface area (Å²) < 4.78 is 0. The lowest BCUT2D eigenvalue weighted by Crippen LogP contribution is -2.51. The molecule has 0 aliphatic heterocycles. The molecule has 2 aromatic rings. The minimum Gasteiger partial charge on any atom is -0.350 e. The van der Waals surface area contributed by atoms with Crippen LogP contribution in [0.2, 0.25) is 0 Å². The molecule has 0 aromatic heterocycles. The molecule has 0 atom stereocenters. The van der Waals surface area contributed by atoms with Crippen molar-refractivity contribution in [2.45, 2.75) is 0 Å². The SMILES string of the molecule is NC(=O)NN(C(=O)c1ccccc1)C(=O)c1ccccc1. The molecule has 21 heavy (non-hydrogen) atoms. The third kappa shape index (κ3) is 3.44. The van der Waals surface area contributed by atoms with Gasteiger partial charge in [-0.1, -0.05) is 36.4 Å². The van der Waals surface area contributed by atoms with E-state index in [2.05, 4.69) is 0 Å². The van der Waals surface area contributed by atoms with Gasteiger partial charge in [-0.05, 0) is 24.3 Å². The van der Waals surface area contributed by atoms with Gasteiger partial charge in [0.05, 0.1) is 0 Å². The number of imide groups is 1. The van der Waals surface area contributed by atoms with Crippen LogP contribution in [0.25, 0.3) is 0 Å². The molecule has 0 saturated heterocycles. The van der Waals surface area contributed by atoms with Crippen LogP contribution in [0.15, 0.2) is 60.7 Å². The lowest BCUT2D eigenvalue weighted by atomic mass is 10.1. The maximum Gasteiger partial charge on any atom is 0.331 e. The van der Waals surface area contributed by atoms with Gasteiger partial charge < -0.3 is 5.73 Å². The number of nitrogens with one attached hydrogen (secondary N) is 1. The number of rotatable bonds is 2. The zero-order valence-corrected chi connectivity index (χ0v) is 11.0. The lowest BCUT2D eigenvalue weighted by Gasteiger charge is -2.20. The third-order valence-electron chi connectivity index (χ3n) is 2.67. The molecule has 2 aromatic carbocycles. The number of carbonyl (C=O) groups is 3. The predicted octanol–water partition coefficient (Wildman–Crippen LogP) is 1.55. The molecule has 0 bridgehead atoms. The number of nitrogens with two attached hydrogens (primary N) is 1. The minimum absolute atomic E-state index is 0.260. The van der Waals surface area contributed by atoms with Gasteiger partial charge in [0.1, 0.15) is 0 Å². The van der Waals surface area contributed by atoms with Gasteiger partial charge in [-0.25, -0.2) is 10.2 Å². The molecule has 0 radical (unpaired) electrons. The second-order valence-electron chi connectivity index (χ2n) is 4.15. The van der Waals surface area contributed by atoms with Crippen LogP contribution in [0, 0.1) is 0 Å². The van der Waals surface area contributed by atoms with E-state index in [-0.39, 0.29) is 11.1 Å². The molecule has 0 saturated carbocycles. The van der Waals surface area contributed by atoms with Crippen LogP contribution in [0.3, 0.4) is 0 Å². The summed E-state index contributed by atoms with van der Waals surface area (Å²) in [5, 5.41) is 0.604. The van der Waals surface area contributed by atoms with E-state index in [9.17, 15) is 14.4 Å². The summed E-state index contributed by atoms with van der Waals surface area (Å²) in [6, 6.07) is 15.3. The maximum atomic E-state index is 12.3. The summed E-state index contributed by atoms with van der Waals surface area (Å²) in [6.07, 6.45) is 0. The van der Waals surface area contributed by atoms with Crippen LogP contribution in [0.1, 0.15) is 20.7 Å². The first-order chi connectivity index (χ1) is 10.1. The smallest absolute Gasteiger partial charge is 0.331 e. The molecule has 106 valence electrons. The van der Waals surface area contributed by atoms with Crippen LogP contribution in [0.4, 0.5) is 4.79 Å². The van der Waals surface area contributed by atoms with Crippen molar-refractivity contribution in [3.05, 3.63) is 71.8 Å². The second kappa shape index (κ2) is 6.33. The van der Waals surface area contributed by atoms with E-state index in [1.54, 1.807) is 36.4 Å². The molecule has 2 rings (SSSR count). The van der Waals surface area contributed by atoms with Gasteiger partial charge in [0.15, 0.2) is 0 Å². The second-order valence-corrected chi connectivity index (χ2v) is 4.15. The van der Waals surface area contributed by atoms with Crippen molar-refractivity contribution in [1.29, 1.82) is 0 Å². The number of hydrazine groups is 1. The molecule has 0 aliphatic carbocycles. The molecule has 6 nitrogen and oxygen atoms in total. The monoisotopic (exact) mass is 283 g/mol. The molecule has 0 heterocycles. The zero-order valence-electron chi connectivity index (χ0n) is 11.0. The van der Waals surface area contributed by atoms with Crippen molar-refractivity contribution in [3.63, 3.8) is 0 Å². The Hall–Kier alpha value is -3.15. The van der Waals surface area contributed by atoms with E-state index < -0.39 is 17.8 Å². The Kier molecular flexibility index (Phi) is 4.30. The van der Waals surface area contributed by atoms with Gasteiger partial charge >= 0.3 is 6.03 Å². The molecule has 6 heteroatoms. The average molecular weight is 283 g/mol. The summed E-state index contributed by atoms with van der Waals surface area (Å²) in [6.45, 7) is 0. The molecule has 0 spiro atoms. The highest BCUT2D eigenvalue weighted by molar-refractivity contribution is 6.10. The van der Waals surface area contributed by atoms with Crippen LogP contribution in [-0.2, 0) is 0 Å². The first kappa shape index (κ1) is 14.3. The first-order valence-corrected chi connectivity index (χ1v) is 6.14. The third-order valence-corrected chi connectivity index (χ3v) is 2.67. The van der Waals surface area contributed by atoms with Crippen molar-refractivity contribution >= 4 is 17.8 Å². The fourth-order valence-electron chi connectivity index (χ4n) is 1.72. The number of hydrogen-bond donors (Lipinski definition) is 2. The van der Waals surface area contributed by atoms with Crippen LogP contribution in [0.5, 0.6) is 0 Å². The van der Waals surface area contributed by atoms with Gasteiger partial charge in [-0.2, -0.15) is 5.01 Å². The van der Waals surface area contributed by atoms with Crippen molar-refractivity contribution in [3.8, 4) is 0 Å². The fraction of sp³-hybridized carbons (Fsp3) is 0. The topological polar surface area (TPSA) is 92.5 Å². The number of urea groups is 1. The molecular weight excluding hydrogens is 270 g/mol. The molecular formula is C15H13N3O3. The minimum atomic E-state index is -0.997. The van der Waals surface area contributed by atoms with Crippen molar-refractivity contribution in [2.75, 3.05) is 0 Å².